The van der Waals surface area contributed by atoms with Gasteiger partial charge < -0.3 is 10.0 Å². The summed E-state index contributed by atoms with van der Waals surface area (Å²) in [6.45, 7) is 5.15. The van der Waals surface area contributed by atoms with Crippen LogP contribution in [0.1, 0.15) is 33.1 Å². The first-order chi connectivity index (χ1) is 5.07. The molecule has 1 aliphatic heterocycles. The van der Waals surface area contributed by atoms with Crippen LogP contribution in [0.2, 0.25) is 0 Å². The maximum atomic E-state index is 9.99. The van der Waals surface area contributed by atoms with E-state index in [0.717, 1.165) is 25.8 Å². The smallest absolute Gasteiger partial charge is 0.0788 e. The third kappa shape index (κ3) is 1.94. The summed E-state index contributed by atoms with van der Waals surface area (Å²) in [6, 6.07) is 0.548. The van der Waals surface area contributed by atoms with Crippen LogP contribution < -0.4 is 0 Å². The highest BCUT2D eigenvalue weighted by molar-refractivity contribution is 4.92. The molecule has 0 aromatic carbocycles. The Morgan fingerprint density at radius 2 is 2.27 bits per heavy atom. The molecule has 1 aliphatic rings. The predicted octanol–water partition coefficient (Wildman–Crippen LogP) is 1.24. The summed E-state index contributed by atoms with van der Waals surface area (Å²) in [7, 11) is 2.08. The molecule has 11 heavy (non-hydrogen) atoms. The first-order valence-corrected chi connectivity index (χ1v) is 4.50. The van der Waals surface area contributed by atoms with Crippen molar-refractivity contribution in [2.24, 2.45) is 0 Å². The van der Waals surface area contributed by atoms with Gasteiger partial charge >= 0.3 is 0 Å². The summed E-state index contributed by atoms with van der Waals surface area (Å²) in [5, 5.41) is 9.99. The van der Waals surface area contributed by atoms with Gasteiger partial charge in [-0.15, -0.1) is 0 Å². The van der Waals surface area contributed by atoms with E-state index in [9.17, 15) is 5.11 Å². The molecule has 1 rings (SSSR count). The minimum absolute atomic E-state index is 0.386. The van der Waals surface area contributed by atoms with Crippen molar-refractivity contribution in [1.29, 1.82) is 0 Å². The van der Waals surface area contributed by atoms with E-state index < -0.39 is 0 Å². The Labute approximate surface area is 69.2 Å². The van der Waals surface area contributed by atoms with E-state index in [0.29, 0.717) is 6.04 Å². The Hall–Kier alpha value is -0.0800. The molecule has 0 radical (unpaired) electrons. The van der Waals surface area contributed by atoms with Crippen LogP contribution in [-0.2, 0) is 0 Å². The summed E-state index contributed by atoms with van der Waals surface area (Å²) in [4.78, 5) is 2.23. The zero-order chi connectivity index (χ0) is 8.48. The first-order valence-electron chi connectivity index (χ1n) is 4.50. The van der Waals surface area contributed by atoms with Gasteiger partial charge in [-0.1, -0.05) is 13.3 Å². The lowest BCUT2D eigenvalue weighted by molar-refractivity contribution is 0.0421. The molecule has 0 bridgehead atoms. The van der Waals surface area contributed by atoms with Gasteiger partial charge in [-0.3, -0.25) is 0 Å². The van der Waals surface area contributed by atoms with Crippen LogP contribution in [0.15, 0.2) is 0 Å². The molecular weight excluding hydrogens is 138 g/mol. The number of nitrogens with zero attached hydrogens (tertiary/aromatic N) is 1. The Morgan fingerprint density at radius 3 is 2.64 bits per heavy atom. The second-order valence-electron chi connectivity index (χ2n) is 3.94. The molecule has 1 heterocycles. The van der Waals surface area contributed by atoms with Crippen molar-refractivity contribution in [3.8, 4) is 0 Å². The summed E-state index contributed by atoms with van der Waals surface area (Å²) in [6.07, 6.45) is 2.97. The first kappa shape index (κ1) is 9.01. The van der Waals surface area contributed by atoms with Crippen molar-refractivity contribution in [2.75, 3.05) is 13.6 Å². The van der Waals surface area contributed by atoms with Crippen molar-refractivity contribution < 1.29 is 5.11 Å². The maximum absolute atomic E-state index is 9.99. The van der Waals surface area contributed by atoms with E-state index in [1.807, 2.05) is 0 Å². The molecule has 1 fully saturated rings. The van der Waals surface area contributed by atoms with E-state index >= 15 is 0 Å². The lowest BCUT2D eigenvalue weighted by Crippen LogP contribution is -2.31. The maximum Gasteiger partial charge on any atom is 0.0788 e. The number of likely N-dealkylation sites (tertiary alicyclic amines) is 1. The molecule has 0 aromatic rings. The number of hydrogen-bond acceptors (Lipinski definition) is 2. The Morgan fingerprint density at radius 1 is 1.64 bits per heavy atom. The molecule has 2 heteroatoms. The van der Waals surface area contributed by atoms with E-state index in [2.05, 4.69) is 25.8 Å². The normalized spacial score (nSPS) is 39.8. The fourth-order valence-electron chi connectivity index (χ4n) is 2.04. The molecule has 0 aromatic heterocycles. The number of rotatable bonds is 2. The SMILES string of the molecule is CCCC1(O)CC(C)N(C)C1. The van der Waals surface area contributed by atoms with Crippen molar-refractivity contribution in [3.05, 3.63) is 0 Å². The van der Waals surface area contributed by atoms with Crippen LogP contribution in [0.4, 0.5) is 0 Å². The van der Waals surface area contributed by atoms with Crippen molar-refractivity contribution in [3.63, 3.8) is 0 Å². The molecule has 1 N–H and O–H groups in total. The molecule has 0 spiro atoms. The zero-order valence-corrected chi connectivity index (χ0v) is 7.80. The third-order valence-electron chi connectivity index (χ3n) is 2.69. The monoisotopic (exact) mass is 157 g/mol. The van der Waals surface area contributed by atoms with E-state index in [1.165, 1.54) is 0 Å². The molecule has 0 amide bonds. The Bertz CT molecular complexity index is 126. The van der Waals surface area contributed by atoms with Gasteiger partial charge in [-0.2, -0.15) is 0 Å². The van der Waals surface area contributed by atoms with Crippen molar-refractivity contribution >= 4 is 0 Å². The fraction of sp³-hybridized carbons (Fsp3) is 1.00. The van der Waals surface area contributed by atoms with Gasteiger partial charge in [0, 0.05) is 12.6 Å². The van der Waals surface area contributed by atoms with Gasteiger partial charge in [0.05, 0.1) is 5.60 Å². The quantitative estimate of drug-likeness (QED) is 0.652. The van der Waals surface area contributed by atoms with Crippen LogP contribution in [0, 0.1) is 0 Å². The Kier molecular flexibility index (Phi) is 2.55. The predicted molar refractivity (Wildman–Crippen MR) is 46.6 cm³/mol. The molecule has 0 aliphatic carbocycles. The summed E-state index contributed by atoms with van der Waals surface area (Å²) >= 11 is 0. The topological polar surface area (TPSA) is 23.5 Å². The highest BCUT2D eigenvalue weighted by Gasteiger charge is 2.37. The van der Waals surface area contributed by atoms with Gasteiger partial charge in [-0.25, -0.2) is 0 Å². The molecule has 2 atom stereocenters. The molecule has 1 saturated heterocycles. The molecule has 66 valence electrons. The minimum Gasteiger partial charge on any atom is -0.388 e. The molecule has 2 nitrogen and oxygen atoms in total. The lowest BCUT2D eigenvalue weighted by Gasteiger charge is -2.20. The zero-order valence-electron chi connectivity index (χ0n) is 7.80. The van der Waals surface area contributed by atoms with Crippen LogP contribution in [0.5, 0.6) is 0 Å². The number of likely N-dealkylation sites (N-methyl/N-ethyl adjacent to an activating group) is 1. The van der Waals surface area contributed by atoms with Crippen molar-refractivity contribution in [1.82, 2.24) is 4.90 Å². The number of β-amino-alcohol motifs (C(OH)–C–C–N with tert-alkyl or cyclic N) is 1. The van der Waals surface area contributed by atoms with Gasteiger partial charge in [0.1, 0.15) is 0 Å². The highest BCUT2D eigenvalue weighted by atomic mass is 16.3. The van der Waals surface area contributed by atoms with Gasteiger partial charge in [0.15, 0.2) is 0 Å². The van der Waals surface area contributed by atoms with Crippen LogP contribution in [-0.4, -0.2) is 35.2 Å². The van der Waals surface area contributed by atoms with Crippen LogP contribution in [0.25, 0.3) is 0 Å². The fourth-order valence-corrected chi connectivity index (χ4v) is 2.04. The van der Waals surface area contributed by atoms with Gasteiger partial charge in [-0.05, 0) is 26.8 Å². The minimum atomic E-state index is -0.386. The summed E-state index contributed by atoms with van der Waals surface area (Å²) in [5.41, 5.74) is -0.386. The van der Waals surface area contributed by atoms with Crippen molar-refractivity contribution in [2.45, 2.75) is 44.8 Å². The summed E-state index contributed by atoms with van der Waals surface area (Å²) < 4.78 is 0. The van der Waals surface area contributed by atoms with Crippen LogP contribution >= 0.6 is 0 Å². The molecule has 0 saturated carbocycles. The second kappa shape index (κ2) is 3.11. The average Bonchev–Trinajstić information content (AvgIpc) is 2.08. The van der Waals surface area contributed by atoms with E-state index in [1.54, 1.807) is 0 Å². The standard InChI is InChI=1S/C9H19NO/c1-4-5-9(11)6-8(2)10(3)7-9/h8,11H,4-7H2,1-3H3. The number of hydrogen-bond donors (Lipinski definition) is 1. The van der Waals surface area contributed by atoms with Gasteiger partial charge in [0.2, 0.25) is 0 Å². The van der Waals surface area contributed by atoms with Crippen LogP contribution in [0.3, 0.4) is 0 Å². The lowest BCUT2D eigenvalue weighted by atomic mass is 9.95. The second-order valence-corrected chi connectivity index (χ2v) is 3.94. The summed E-state index contributed by atoms with van der Waals surface area (Å²) in [5.74, 6) is 0. The largest absolute Gasteiger partial charge is 0.388 e. The third-order valence-corrected chi connectivity index (χ3v) is 2.69. The average molecular weight is 157 g/mol. The molecule has 2 unspecified atom stereocenters. The van der Waals surface area contributed by atoms with Gasteiger partial charge in [0.25, 0.3) is 0 Å². The number of aliphatic hydroxyl groups is 1. The Balaban J connectivity index is 2.49. The molecular formula is C9H19NO. The van der Waals surface area contributed by atoms with E-state index in [-0.39, 0.29) is 5.60 Å². The van der Waals surface area contributed by atoms with E-state index in [4.69, 9.17) is 0 Å². The highest BCUT2D eigenvalue weighted by Crippen LogP contribution is 2.29.